The lowest BCUT2D eigenvalue weighted by atomic mass is 10.1. The van der Waals surface area contributed by atoms with Crippen LogP contribution in [-0.2, 0) is 16.1 Å². The first kappa shape index (κ1) is 13.9. The van der Waals surface area contributed by atoms with Crippen LogP contribution in [-0.4, -0.2) is 42.8 Å². The number of hydrogen-bond acceptors (Lipinski definition) is 6. The number of anilines is 1. The van der Waals surface area contributed by atoms with Gasteiger partial charge in [0.05, 0.1) is 5.00 Å². The lowest BCUT2D eigenvalue weighted by Crippen LogP contribution is -2.49. The molecule has 0 amide bonds. The molecule has 0 saturated carbocycles. The quantitative estimate of drug-likeness (QED) is 0.830. The molecule has 1 saturated heterocycles. The van der Waals surface area contributed by atoms with Gasteiger partial charge in [-0.1, -0.05) is 6.92 Å². The van der Waals surface area contributed by atoms with Gasteiger partial charge in [-0.3, -0.25) is 10.2 Å². The van der Waals surface area contributed by atoms with Crippen molar-refractivity contribution in [2.75, 3.05) is 25.0 Å². The van der Waals surface area contributed by atoms with Crippen molar-refractivity contribution in [1.82, 2.24) is 10.2 Å². The number of nitrogens with zero attached hydrogens (tertiary/aromatic N) is 1. The Morgan fingerprint density at radius 3 is 3.35 bits per heavy atom. The van der Waals surface area contributed by atoms with Crippen molar-refractivity contribution >= 4 is 22.3 Å². The van der Waals surface area contributed by atoms with Crippen LogP contribution in [0.2, 0.25) is 0 Å². The van der Waals surface area contributed by atoms with Gasteiger partial charge in [0.15, 0.2) is 6.17 Å². The van der Waals surface area contributed by atoms with Gasteiger partial charge in [-0.15, -0.1) is 11.3 Å². The molecule has 1 aromatic heterocycles. The minimum absolute atomic E-state index is 0.0320. The predicted molar refractivity (Wildman–Crippen MR) is 79.8 cm³/mol. The van der Waals surface area contributed by atoms with Crippen molar-refractivity contribution in [3.8, 4) is 0 Å². The number of carbonyl (C=O) groups is 1. The van der Waals surface area contributed by atoms with E-state index in [9.17, 15) is 4.79 Å². The number of ether oxygens (including phenoxy) is 1. The second-order valence-corrected chi connectivity index (χ2v) is 6.24. The van der Waals surface area contributed by atoms with Crippen LogP contribution in [0.15, 0.2) is 11.4 Å². The molecular weight excluding hydrogens is 274 g/mol. The van der Waals surface area contributed by atoms with Gasteiger partial charge in [-0.2, -0.15) is 0 Å². The Labute approximate surface area is 123 Å². The first-order valence-electron chi connectivity index (χ1n) is 7.25. The number of carbonyl (C=O) groups excluding carboxylic acids is 1. The highest BCUT2D eigenvalue weighted by molar-refractivity contribution is 7.14. The Hall–Kier alpha value is -1.11. The molecule has 2 atom stereocenters. The molecule has 0 aromatic carbocycles. The van der Waals surface area contributed by atoms with E-state index >= 15 is 0 Å². The lowest BCUT2D eigenvalue weighted by molar-refractivity contribution is -0.153. The molecule has 2 N–H and O–H groups in total. The third-order valence-corrected chi connectivity index (χ3v) is 4.83. The van der Waals surface area contributed by atoms with Crippen LogP contribution in [0, 0.1) is 0 Å². The van der Waals surface area contributed by atoms with E-state index in [1.54, 1.807) is 11.3 Å². The van der Waals surface area contributed by atoms with Gasteiger partial charge in [-0.05, 0) is 37.4 Å². The summed E-state index contributed by atoms with van der Waals surface area (Å²) in [6, 6.07) is 2.07. The second kappa shape index (κ2) is 6.11. The molecule has 110 valence electrons. The van der Waals surface area contributed by atoms with Gasteiger partial charge in [0.1, 0.15) is 6.10 Å². The van der Waals surface area contributed by atoms with Crippen molar-refractivity contribution in [2.24, 2.45) is 0 Å². The van der Waals surface area contributed by atoms with Gasteiger partial charge < -0.3 is 10.1 Å². The molecule has 20 heavy (non-hydrogen) atoms. The van der Waals surface area contributed by atoms with E-state index in [0.29, 0.717) is 0 Å². The zero-order valence-electron chi connectivity index (χ0n) is 11.7. The van der Waals surface area contributed by atoms with Crippen LogP contribution in [0.5, 0.6) is 0 Å². The predicted octanol–water partition coefficient (Wildman–Crippen LogP) is 1.62. The van der Waals surface area contributed by atoms with Gasteiger partial charge >= 0.3 is 5.97 Å². The number of hydrogen-bond donors (Lipinski definition) is 2. The van der Waals surface area contributed by atoms with Crippen LogP contribution in [0.3, 0.4) is 0 Å². The molecule has 2 aliphatic rings. The molecule has 5 nitrogen and oxygen atoms in total. The average molecular weight is 295 g/mol. The highest BCUT2D eigenvalue weighted by Gasteiger charge is 2.29. The normalized spacial score (nSPS) is 26.6. The number of rotatable bonds is 3. The summed E-state index contributed by atoms with van der Waals surface area (Å²) < 4.78 is 5.65. The first-order valence-corrected chi connectivity index (χ1v) is 8.13. The lowest BCUT2D eigenvalue weighted by Gasteiger charge is -2.33. The summed E-state index contributed by atoms with van der Waals surface area (Å²) >= 11 is 1.63. The molecular formula is C14H21N3O2S. The fourth-order valence-electron chi connectivity index (χ4n) is 2.77. The Balaban J connectivity index is 1.55. The molecule has 3 heterocycles. The minimum atomic E-state index is -0.418. The van der Waals surface area contributed by atoms with Crippen molar-refractivity contribution in [3.63, 3.8) is 0 Å². The Morgan fingerprint density at radius 1 is 1.60 bits per heavy atom. The number of piperidine rings is 1. The maximum Gasteiger partial charge on any atom is 0.344 e. The van der Waals surface area contributed by atoms with E-state index in [-0.39, 0.29) is 12.1 Å². The van der Waals surface area contributed by atoms with Crippen LogP contribution in [0.1, 0.15) is 25.3 Å². The molecule has 0 aliphatic carbocycles. The molecule has 1 fully saturated rings. The summed E-state index contributed by atoms with van der Waals surface area (Å²) in [5.74, 6) is -0.188. The molecule has 1 aromatic rings. The van der Waals surface area contributed by atoms with Gasteiger partial charge in [0.25, 0.3) is 0 Å². The second-order valence-electron chi connectivity index (χ2n) is 5.33. The Kier molecular flexibility index (Phi) is 4.24. The smallest absolute Gasteiger partial charge is 0.344 e. The Morgan fingerprint density at radius 2 is 2.50 bits per heavy atom. The van der Waals surface area contributed by atoms with E-state index in [4.69, 9.17) is 4.74 Å². The standard InChI is InChI=1S/C14H21N3O2S/c1-2-17-6-3-4-11(9-17)19-14(18)12-15-8-10-5-7-20-13(10)16-12/h5,7,11-12,15-16H,2-4,6,8-9H2,1H3. The van der Waals surface area contributed by atoms with Crippen LogP contribution >= 0.6 is 11.3 Å². The number of fused-ring (bicyclic) bond motifs is 1. The summed E-state index contributed by atoms with van der Waals surface area (Å²) in [5, 5.41) is 9.50. The van der Waals surface area contributed by atoms with Crippen molar-refractivity contribution in [3.05, 3.63) is 17.0 Å². The van der Waals surface area contributed by atoms with Crippen molar-refractivity contribution in [2.45, 2.75) is 38.6 Å². The van der Waals surface area contributed by atoms with E-state index in [0.717, 1.165) is 44.0 Å². The summed E-state index contributed by atoms with van der Waals surface area (Å²) in [5.41, 5.74) is 1.22. The maximum atomic E-state index is 12.2. The van der Waals surface area contributed by atoms with E-state index in [2.05, 4.69) is 28.5 Å². The molecule has 0 spiro atoms. The molecule has 3 rings (SSSR count). The molecule has 6 heteroatoms. The number of likely N-dealkylation sites (N-methyl/N-ethyl adjacent to an activating group) is 1. The highest BCUT2D eigenvalue weighted by atomic mass is 32.1. The minimum Gasteiger partial charge on any atom is -0.458 e. The summed E-state index contributed by atoms with van der Waals surface area (Å²) in [7, 11) is 0. The molecule has 0 bridgehead atoms. The fourth-order valence-corrected chi connectivity index (χ4v) is 3.61. The summed E-state index contributed by atoms with van der Waals surface area (Å²) in [6.07, 6.45) is 1.69. The highest BCUT2D eigenvalue weighted by Crippen LogP contribution is 2.26. The van der Waals surface area contributed by atoms with E-state index < -0.39 is 6.17 Å². The molecule has 2 unspecified atom stereocenters. The average Bonchev–Trinajstić information content (AvgIpc) is 2.94. The van der Waals surface area contributed by atoms with Gasteiger partial charge in [0, 0.05) is 18.7 Å². The van der Waals surface area contributed by atoms with E-state index in [1.807, 2.05) is 5.38 Å². The van der Waals surface area contributed by atoms with Crippen LogP contribution in [0.4, 0.5) is 5.00 Å². The van der Waals surface area contributed by atoms with E-state index in [1.165, 1.54) is 5.56 Å². The van der Waals surface area contributed by atoms with Crippen molar-refractivity contribution in [1.29, 1.82) is 0 Å². The largest absolute Gasteiger partial charge is 0.458 e. The number of likely N-dealkylation sites (tertiary alicyclic amines) is 1. The summed E-state index contributed by atoms with van der Waals surface area (Å²) in [6.45, 7) is 5.86. The van der Waals surface area contributed by atoms with Gasteiger partial charge in [-0.25, -0.2) is 4.79 Å². The van der Waals surface area contributed by atoms with Crippen LogP contribution in [0.25, 0.3) is 0 Å². The number of nitrogens with one attached hydrogen (secondary N) is 2. The third-order valence-electron chi connectivity index (χ3n) is 3.95. The Bertz CT molecular complexity index is 477. The monoisotopic (exact) mass is 295 g/mol. The zero-order chi connectivity index (χ0) is 13.9. The van der Waals surface area contributed by atoms with Crippen molar-refractivity contribution < 1.29 is 9.53 Å². The van der Waals surface area contributed by atoms with Crippen LogP contribution < -0.4 is 10.6 Å². The number of thiophene rings is 1. The first-order chi connectivity index (χ1) is 9.76. The number of esters is 1. The summed E-state index contributed by atoms with van der Waals surface area (Å²) in [4.78, 5) is 14.6. The third kappa shape index (κ3) is 2.97. The maximum absolute atomic E-state index is 12.2. The topological polar surface area (TPSA) is 53.6 Å². The zero-order valence-corrected chi connectivity index (χ0v) is 12.5. The molecule has 2 aliphatic heterocycles. The van der Waals surface area contributed by atoms with Gasteiger partial charge in [0.2, 0.25) is 0 Å². The SMILES string of the molecule is CCN1CCCC(OC(=O)C2NCc3ccsc3N2)C1. The molecule has 0 radical (unpaired) electrons. The fraction of sp³-hybridized carbons (Fsp3) is 0.643.